The Labute approximate surface area is 116 Å². The number of para-hydroxylation sites is 1. The molecule has 2 heterocycles. The fraction of sp³-hybridized carbons (Fsp3) is 0.267. The Hall–Kier alpha value is -1.81. The first-order valence-corrected chi connectivity index (χ1v) is 7.33. The van der Waals surface area contributed by atoms with Crippen molar-refractivity contribution in [2.45, 2.75) is 12.8 Å². The van der Waals surface area contributed by atoms with E-state index >= 15 is 0 Å². The first kappa shape index (κ1) is 12.2. The van der Waals surface area contributed by atoms with Gasteiger partial charge in [-0.1, -0.05) is 6.07 Å². The molecular formula is C15H15NO2S. The van der Waals surface area contributed by atoms with Gasteiger partial charge in [-0.25, -0.2) is 0 Å². The van der Waals surface area contributed by atoms with Gasteiger partial charge in [0.15, 0.2) is 11.5 Å². The molecule has 3 rings (SSSR count). The predicted octanol–water partition coefficient (Wildman–Crippen LogP) is 3.37. The van der Waals surface area contributed by atoms with Gasteiger partial charge in [-0.05, 0) is 40.9 Å². The van der Waals surface area contributed by atoms with Gasteiger partial charge in [-0.2, -0.15) is 11.3 Å². The van der Waals surface area contributed by atoms with Crippen molar-refractivity contribution in [3.05, 3.63) is 46.2 Å². The van der Waals surface area contributed by atoms with Gasteiger partial charge >= 0.3 is 0 Å². The van der Waals surface area contributed by atoms with Crippen molar-refractivity contribution < 1.29 is 9.53 Å². The van der Waals surface area contributed by atoms with E-state index in [1.807, 2.05) is 23.6 Å². The first-order valence-electron chi connectivity index (χ1n) is 6.38. The number of benzene rings is 1. The number of carbonyl (C=O) groups is 1. The summed E-state index contributed by atoms with van der Waals surface area (Å²) in [4.78, 5) is 12.3. The van der Waals surface area contributed by atoms with Crippen molar-refractivity contribution in [3.63, 3.8) is 0 Å². The van der Waals surface area contributed by atoms with Crippen LogP contribution in [0.3, 0.4) is 0 Å². The summed E-state index contributed by atoms with van der Waals surface area (Å²) in [6, 6.07) is 7.76. The van der Waals surface area contributed by atoms with E-state index in [-0.39, 0.29) is 5.78 Å². The Balaban J connectivity index is 1.76. The van der Waals surface area contributed by atoms with Crippen molar-refractivity contribution >= 4 is 22.8 Å². The van der Waals surface area contributed by atoms with Crippen LogP contribution >= 0.6 is 11.3 Å². The molecule has 0 radical (unpaired) electrons. The molecule has 1 aliphatic heterocycles. The van der Waals surface area contributed by atoms with Crippen LogP contribution in [0.2, 0.25) is 0 Å². The van der Waals surface area contributed by atoms with Gasteiger partial charge in [0.2, 0.25) is 0 Å². The standard InChI is InChI=1S/C15H15NO2S/c17-14(5-4-11-6-9-19-10-11)12-2-1-3-13-15(12)18-8-7-16-13/h1-3,6,9-10,16H,4-5,7-8H2. The maximum atomic E-state index is 12.3. The Morgan fingerprint density at radius 3 is 3.16 bits per heavy atom. The van der Waals surface area contributed by atoms with Gasteiger partial charge in [0.05, 0.1) is 11.3 Å². The smallest absolute Gasteiger partial charge is 0.167 e. The Morgan fingerprint density at radius 2 is 2.32 bits per heavy atom. The summed E-state index contributed by atoms with van der Waals surface area (Å²) in [6.07, 6.45) is 1.32. The summed E-state index contributed by atoms with van der Waals surface area (Å²) in [5, 5.41) is 7.38. The van der Waals surface area contributed by atoms with Crippen LogP contribution in [0.15, 0.2) is 35.0 Å². The Morgan fingerprint density at radius 1 is 1.37 bits per heavy atom. The number of hydrogen-bond donors (Lipinski definition) is 1. The molecule has 1 N–H and O–H groups in total. The molecule has 1 aliphatic rings. The molecule has 4 heteroatoms. The molecule has 0 fully saturated rings. The molecule has 98 valence electrons. The molecule has 1 aromatic carbocycles. The summed E-state index contributed by atoms with van der Waals surface area (Å²) in [5.74, 6) is 0.857. The number of aryl methyl sites for hydroxylation is 1. The highest BCUT2D eigenvalue weighted by Crippen LogP contribution is 2.32. The lowest BCUT2D eigenvalue weighted by Gasteiger charge is -2.21. The summed E-state index contributed by atoms with van der Waals surface area (Å²) >= 11 is 1.66. The lowest BCUT2D eigenvalue weighted by atomic mass is 10.0. The summed E-state index contributed by atoms with van der Waals surface area (Å²) < 4.78 is 5.63. The normalized spacial score (nSPS) is 13.3. The summed E-state index contributed by atoms with van der Waals surface area (Å²) in [7, 11) is 0. The highest BCUT2D eigenvalue weighted by Gasteiger charge is 2.18. The number of anilines is 1. The van der Waals surface area contributed by atoms with Gasteiger partial charge in [0, 0.05) is 13.0 Å². The monoisotopic (exact) mass is 273 g/mol. The zero-order valence-electron chi connectivity index (χ0n) is 10.5. The molecule has 0 atom stereocenters. The third-order valence-electron chi connectivity index (χ3n) is 3.20. The van der Waals surface area contributed by atoms with Crippen molar-refractivity contribution in [2.75, 3.05) is 18.5 Å². The highest BCUT2D eigenvalue weighted by molar-refractivity contribution is 7.07. The van der Waals surface area contributed by atoms with Crippen LogP contribution in [-0.4, -0.2) is 18.9 Å². The number of fused-ring (bicyclic) bond motifs is 1. The van der Waals surface area contributed by atoms with Gasteiger partial charge in [-0.3, -0.25) is 4.79 Å². The van der Waals surface area contributed by atoms with Gasteiger partial charge < -0.3 is 10.1 Å². The lowest BCUT2D eigenvalue weighted by Crippen LogP contribution is -2.20. The molecular weight excluding hydrogens is 258 g/mol. The van der Waals surface area contributed by atoms with E-state index in [2.05, 4.69) is 16.8 Å². The number of hydrogen-bond acceptors (Lipinski definition) is 4. The largest absolute Gasteiger partial charge is 0.489 e. The minimum atomic E-state index is 0.145. The highest BCUT2D eigenvalue weighted by atomic mass is 32.1. The molecule has 3 nitrogen and oxygen atoms in total. The predicted molar refractivity (Wildman–Crippen MR) is 77.4 cm³/mol. The molecule has 2 aromatic rings. The van der Waals surface area contributed by atoms with E-state index in [9.17, 15) is 4.79 Å². The van der Waals surface area contributed by atoms with Crippen LogP contribution in [0.1, 0.15) is 22.3 Å². The Kier molecular flexibility index (Phi) is 3.51. The number of nitrogens with one attached hydrogen (secondary N) is 1. The molecule has 0 amide bonds. The maximum Gasteiger partial charge on any atom is 0.167 e. The van der Waals surface area contributed by atoms with E-state index in [0.717, 1.165) is 18.7 Å². The van der Waals surface area contributed by atoms with Gasteiger partial charge in [-0.15, -0.1) is 0 Å². The average molecular weight is 273 g/mol. The van der Waals surface area contributed by atoms with Crippen LogP contribution in [0.25, 0.3) is 0 Å². The van der Waals surface area contributed by atoms with Crippen LogP contribution in [-0.2, 0) is 6.42 Å². The number of carbonyl (C=O) groups excluding carboxylic acids is 1. The molecule has 1 aromatic heterocycles. The Bertz CT molecular complexity index is 578. The van der Waals surface area contributed by atoms with Crippen LogP contribution < -0.4 is 10.1 Å². The molecule has 0 saturated heterocycles. The fourth-order valence-electron chi connectivity index (χ4n) is 2.22. The third kappa shape index (κ3) is 2.63. The zero-order valence-corrected chi connectivity index (χ0v) is 11.3. The topological polar surface area (TPSA) is 38.3 Å². The second-order valence-electron chi connectivity index (χ2n) is 4.51. The van der Waals surface area contributed by atoms with Crippen molar-refractivity contribution in [1.82, 2.24) is 0 Å². The fourth-order valence-corrected chi connectivity index (χ4v) is 2.92. The number of ketones is 1. The van der Waals surface area contributed by atoms with Crippen molar-refractivity contribution in [3.8, 4) is 5.75 Å². The second-order valence-corrected chi connectivity index (χ2v) is 5.29. The van der Waals surface area contributed by atoms with Gasteiger partial charge in [0.1, 0.15) is 6.61 Å². The SMILES string of the molecule is O=C(CCc1ccsc1)c1cccc2c1OCCN2. The summed E-state index contributed by atoms with van der Waals surface area (Å²) in [6.45, 7) is 1.40. The van der Waals surface area contributed by atoms with E-state index in [1.165, 1.54) is 5.56 Å². The van der Waals surface area contributed by atoms with Crippen molar-refractivity contribution in [1.29, 1.82) is 0 Å². The summed E-state index contributed by atoms with van der Waals surface area (Å²) in [5.41, 5.74) is 2.84. The average Bonchev–Trinajstić information content (AvgIpc) is 2.97. The molecule has 0 saturated carbocycles. The number of rotatable bonds is 4. The molecule has 0 unspecified atom stereocenters. The second kappa shape index (κ2) is 5.45. The van der Waals surface area contributed by atoms with Crippen LogP contribution in [0.4, 0.5) is 5.69 Å². The number of Topliss-reactive ketones (excluding diaryl/α,β-unsaturated/α-hetero) is 1. The van der Waals surface area contributed by atoms with Crippen LogP contribution in [0.5, 0.6) is 5.75 Å². The van der Waals surface area contributed by atoms with E-state index in [4.69, 9.17) is 4.74 Å². The first-order chi connectivity index (χ1) is 9.34. The van der Waals surface area contributed by atoms with Gasteiger partial charge in [0.25, 0.3) is 0 Å². The minimum Gasteiger partial charge on any atom is -0.489 e. The minimum absolute atomic E-state index is 0.145. The van der Waals surface area contributed by atoms with E-state index in [1.54, 1.807) is 11.3 Å². The zero-order chi connectivity index (χ0) is 13.1. The number of ether oxygens (including phenoxy) is 1. The lowest BCUT2D eigenvalue weighted by molar-refractivity contribution is 0.0979. The molecule has 0 bridgehead atoms. The molecule has 0 aliphatic carbocycles. The molecule has 0 spiro atoms. The van der Waals surface area contributed by atoms with Crippen molar-refractivity contribution in [2.24, 2.45) is 0 Å². The van der Waals surface area contributed by atoms with E-state index < -0.39 is 0 Å². The van der Waals surface area contributed by atoms with E-state index in [0.29, 0.717) is 24.3 Å². The number of thiophene rings is 1. The quantitative estimate of drug-likeness (QED) is 0.868. The maximum absolute atomic E-state index is 12.3. The third-order valence-corrected chi connectivity index (χ3v) is 3.93. The molecule has 19 heavy (non-hydrogen) atoms. The van der Waals surface area contributed by atoms with Crippen LogP contribution in [0, 0.1) is 0 Å².